The fourth-order valence-corrected chi connectivity index (χ4v) is 2.25. The molecule has 0 aliphatic rings. The highest BCUT2D eigenvalue weighted by Gasteiger charge is 2.07. The zero-order valence-electron chi connectivity index (χ0n) is 10.9. The second-order valence-electron chi connectivity index (χ2n) is 4.41. The molecule has 0 amide bonds. The topological polar surface area (TPSA) is 37.9 Å². The zero-order valence-corrected chi connectivity index (χ0v) is 11.7. The summed E-state index contributed by atoms with van der Waals surface area (Å²) in [5.74, 6) is 0.821. The molecule has 3 rings (SSSR count). The molecule has 4 heteroatoms. The summed E-state index contributed by atoms with van der Waals surface area (Å²) in [6, 6.07) is 17.5. The van der Waals surface area contributed by atoms with Crippen molar-refractivity contribution in [3.8, 4) is 28.3 Å². The summed E-state index contributed by atoms with van der Waals surface area (Å²) in [7, 11) is 1.66. The largest absolute Gasteiger partial charge is 0.497 e. The number of aromatic amines is 1. The molecule has 20 heavy (non-hydrogen) atoms. The fourth-order valence-electron chi connectivity index (χ4n) is 2.06. The molecular weight excluding hydrogens is 272 g/mol. The van der Waals surface area contributed by atoms with Gasteiger partial charge in [0.1, 0.15) is 5.75 Å². The minimum Gasteiger partial charge on any atom is -0.497 e. The molecule has 0 saturated heterocycles. The molecule has 0 spiro atoms. The van der Waals surface area contributed by atoms with Crippen molar-refractivity contribution in [2.75, 3.05) is 7.11 Å². The van der Waals surface area contributed by atoms with E-state index in [1.54, 1.807) is 7.11 Å². The van der Waals surface area contributed by atoms with E-state index in [0.717, 1.165) is 28.3 Å². The molecule has 1 aromatic heterocycles. The van der Waals surface area contributed by atoms with E-state index in [1.165, 1.54) is 0 Å². The minimum absolute atomic E-state index is 0.702. The summed E-state index contributed by atoms with van der Waals surface area (Å²) >= 11 is 6.00. The number of aromatic nitrogens is 2. The molecule has 0 fully saturated rings. The van der Waals surface area contributed by atoms with E-state index >= 15 is 0 Å². The SMILES string of the molecule is COc1cccc(-c2cc(-c3cccc(Cl)c3)n[nH]2)c1. The van der Waals surface area contributed by atoms with Crippen LogP contribution in [-0.4, -0.2) is 17.3 Å². The first-order valence-corrected chi connectivity index (χ1v) is 6.60. The average Bonchev–Trinajstić information content (AvgIpc) is 2.97. The lowest BCUT2D eigenvalue weighted by atomic mass is 10.1. The maximum atomic E-state index is 6.00. The third kappa shape index (κ3) is 2.53. The van der Waals surface area contributed by atoms with Gasteiger partial charge in [0, 0.05) is 16.1 Å². The number of ether oxygens (including phenoxy) is 1. The van der Waals surface area contributed by atoms with Crippen molar-refractivity contribution < 1.29 is 4.74 Å². The van der Waals surface area contributed by atoms with E-state index < -0.39 is 0 Å². The molecule has 0 unspecified atom stereocenters. The second-order valence-corrected chi connectivity index (χ2v) is 4.85. The minimum atomic E-state index is 0.702. The van der Waals surface area contributed by atoms with Crippen LogP contribution in [0.4, 0.5) is 0 Å². The van der Waals surface area contributed by atoms with Crippen molar-refractivity contribution in [1.29, 1.82) is 0 Å². The van der Waals surface area contributed by atoms with Crippen LogP contribution in [0.15, 0.2) is 54.6 Å². The fraction of sp³-hybridized carbons (Fsp3) is 0.0625. The Kier molecular flexibility index (Phi) is 3.44. The third-order valence-corrected chi connectivity index (χ3v) is 3.31. The molecule has 3 nitrogen and oxygen atoms in total. The van der Waals surface area contributed by atoms with Gasteiger partial charge in [0.2, 0.25) is 0 Å². The Bertz CT molecular complexity index is 737. The molecule has 100 valence electrons. The van der Waals surface area contributed by atoms with Crippen molar-refractivity contribution in [2.24, 2.45) is 0 Å². The normalized spacial score (nSPS) is 10.5. The Morgan fingerprint density at radius 3 is 2.60 bits per heavy atom. The molecule has 2 aromatic carbocycles. The molecule has 0 bridgehead atoms. The molecule has 0 radical (unpaired) electrons. The zero-order chi connectivity index (χ0) is 13.9. The van der Waals surface area contributed by atoms with Gasteiger partial charge in [-0.05, 0) is 30.3 Å². The molecule has 0 saturated carbocycles. The predicted molar refractivity (Wildman–Crippen MR) is 81.0 cm³/mol. The number of rotatable bonds is 3. The molecule has 0 atom stereocenters. The summed E-state index contributed by atoms with van der Waals surface area (Å²) in [5, 5.41) is 8.08. The van der Waals surface area contributed by atoms with E-state index in [4.69, 9.17) is 16.3 Å². The summed E-state index contributed by atoms with van der Waals surface area (Å²) in [6.45, 7) is 0. The second kappa shape index (κ2) is 5.39. The third-order valence-electron chi connectivity index (χ3n) is 3.08. The number of benzene rings is 2. The van der Waals surface area contributed by atoms with Crippen LogP contribution in [0.5, 0.6) is 5.75 Å². The lowest BCUT2D eigenvalue weighted by Crippen LogP contribution is -1.83. The summed E-state index contributed by atoms with van der Waals surface area (Å²) in [5.41, 5.74) is 3.83. The van der Waals surface area contributed by atoms with Gasteiger partial charge >= 0.3 is 0 Å². The Morgan fingerprint density at radius 2 is 1.80 bits per heavy atom. The molecule has 1 N–H and O–H groups in total. The first kappa shape index (κ1) is 12.8. The van der Waals surface area contributed by atoms with Crippen LogP contribution in [-0.2, 0) is 0 Å². The van der Waals surface area contributed by atoms with Gasteiger partial charge in [0.15, 0.2) is 0 Å². The molecule has 3 aromatic rings. The van der Waals surface area contributed by atoms with Crippen LogP contribution < -0.4 is 4.74 Å². The van der Waals surface area contributed by atoms with Crippen molar-refractivity contribution in [1.82, 2.24) is 10.2 Å². The van der Waals surface area contributed by atoms with E-state index in [2.05, 4.69) is 10.2 Å². The number of H-pyrrole nitrogens is 1. The van der Waals surface area contributed by atoms with Gasteiger partial charge in [-0.2, -0.15) is 5.10 Å². The van der Waals surface area contributed by atoms with Crippen molar-refractivity contribution >= 4 is 11.6 Å². The molecule has 1 heterocycles. The van der Waals surface area contributed by atoms with Crippen molar-refractivity contribution in [3.05, 3.63) is 59.6 Å². The van der Waals surface area contributed by atoms with Crippen LogP contribution in [0.1, 0.15) is 0 Å². The predicted octanol–water partition coefficient (Wildman–Crippen LogP) is 4.41. The quantitative estimate of drug-likeness (QED) is 0.774. The Morgan fingerprint density at radius 1 is 1.00 bits per heavy atom. The van der Waals surface area contributed by atoms with Gasteiger partial charge in [-0.3, -0.25) is 5.10 Å². The summed E-state index contributed by atoms with van der Waals surface area (Å²) in [6.07, 6.45) is 0. The highest BCUT2D eigenvalue weighted by atomic mass is 35.5. The van der Waals surface area contributed by atoms with E-state index in [-0.39, 0.29) is 0 Å². The van der Waals surface area contributed by atoms with Crippen LogP contribution in [0, 0.1) is 0 Å². The van der Waals surface area contributed by atoms with Crippen LogP contribution in [0.3, 0.4) is 0 Å². The Labute approximate surface area is 122 Å². The molecule has 0 aliphatic carbocycles. The maximum Gasteiger partial charge on any atom is 0.119 e. The number of halogens is 1. The average molecular weight is 285 g/mol. The van der Waals surface area contributed by atoms with Gasteiger partial charge in [-0.1, -0.05) is 35.9 Å². The van der Waals surface area contributed by atoms with E-state index in [9.17, 15) is 0 Å². The standard InChI is InChI=1S/C16H13ClN2O/c1-20-14-7-3-5-12(9-14)16-10-15(18-19-16)11-4-2-6-13(17)8-11/h2-10H,1H3,(H,18,19). The van der Waals surface area contributed by atoms with Crippen LogP contribution >= 0.6 is 11.6 Å². The Hall–Kier alpha value is -2.26. The van der Waals surface area contributed by atoms with Crippen molar-refractivity contribution in [2.45, 2.75) is 0 Å². The first-order valence-electron chi connectivity index (χ1n) is 6.22. The van der Waals surface area contributed by atoms with Gasteiger partial charge in [0.25, 0.3) is 0 Å². The lowest BCUT2D eigenvalue weighted by molar-refractivity contribution is 0.415. The summed E-state index contributed by atoms with van der Waals surface area (Å²) in [4.78, 5) is 0. The monoisotopic (exact) mass is 284 g/mol. The Balaban J connectivity index is 1.97. The number of methoxy groups -OCH3 is 1. The van der Waals surface area contributed by atoms with Crippen LogP contribution in [0.25, 0.3) is 22.5 Å². The van der Waals surface area contributed by atoms with Crippen LogP contribution in [0.2, 0.25) is 5.02 Å². The number of nitrogens with zero attached hydrogens (tertiary/aromatic N) is 1. The van der Waals surface area contributed by atoms with Gasteiger partial charge < -0.3 is 4.74 Å². The first-order chi connectivity index (χ1) is 9.76. The smallest absolute Gasteiger partial charge is 0.119 e. The number of nitrogens with one attached hydrogen (secondary N) is 1. The molecular formula is C16H13ClN2O. The highest BCUT2D eigenvalue weighted by molar-refractivity contribution is 6.30. The maximum absolute atomic E-state index is 6.00. The summed E-state index contributed by atoms with van der Waals surface area (Å²) < 4.78 is 5.23. The highest BCUT2D eigenvalue weighted by Crippen LogP contribution is 2.27. The number of hydrogen-bond donors (Lipinski definition) is 1. The van der Waals surface area contributed by atoms with Crippen molar-refractivity contribution in [3.63, 3.8) is 0 Å². The van der Waals surface area contributed by atoms with E-state index in [0.29, 0.717) is 5.02 Å². The number of hydrogen-bond acceptors (Lipinski definition) is 2. The van der Waals surface area contributed by atoms with E-state index in [1.807, 2.05) is 54.6 Å². The molecule has 0 aliphatic heterocycles. The van der Waals surface area contributed by atoms with Gasteiger partial charge in [-0.25, -0.2) is 0 Å². The van der Waals surface area contributed by atoms with Gasteiger partial charge in [-0.15, -0.1) is 0 Å². The van der Waals surface area contributed by atoms with Gasteiger partial charge in [0.05, 0.1) is 18.5 Å². The lowest BCUT2D eigenvalue weighted by Gasteiger charge is -2.01.